The average molecular weight is 342 g/mol. The molecule has 1 N–H and O–H groups in total. The zero-order valence-electron chi connectivity index (χ0n) is 10.9. The highest BCUT2D eigenvalue weighted by atomic mass is 79.9. The molecule has 0 aliphatic rings. The van der Waals surface area contributed by atoms with Gasteiger partial charge < -0.3 is 9.84 Å². The summed E-state index contributed by atoms with van der Waals surface area (Å²) in [5.41, 5.74) is 0. The highest BCUT2D eigenvalue weighted by Gasteiger charge is 2.15. The molecule has 2 rings (SSSR count). The van der Waals surface area contributed by atoms with Gasteiger partial charge in [0.2, 0.25) is 5.89 Å². The zero-order chi connectivity index (χ0) is 13.7. The molecule has 1 aromatic carbocycles. The summed E-state index contributed by atoms with van der Waals surface area (Å²) in [4.78, 5) is 5.60. The molecule has 0 saturated carbocycles. The normalized spacial score (nSPS) is 12.6. The fourth-order valence-electron chi connectivity index (χ4n) is 1.67. The predicted molar refractivity (Wildman–Crippen MR) is 80.1 cm³/mol. The first-order valence-electron chi connectivity index (χ1n) is 6.11. The Kier molecular flexibility index (Phi) is 5.42. The number of nitrogens with zero attached hydrogens (tertiary/aromatic N) is 2. The van der Waals surface area contributed by atoms with Crippen LogP contribution in [0.2, 0.25) is 0 Å². The van der Waals surface area contributed by atoms with E-state index in [4.69, 9.17) is 4.52 Å². The van der Waals surface area contributed by atoms with E-state index in [9.17, 15) is 0 Å². The Morgan fingerprint density at radius 3 is 2.89 bits per heavy atom. The van der Waals surface area contributed by atoms with Crippen LogP contribution in [-0.2, 0) is 5.75 Å². The van der Waals surface area contributed by atoms with Gasteiger partial charge in [-0.3, -0.25) is 0 Å². The SMILES string of the molecule is CCC(NC)c1nc(CSc2ccccc2Br)no1. The van der Waals surface area contributed by atoms with Crippen LogP contribution in [0.15, 0.2) is 38.2 Å². The molecule has 0 aliphatic heterocycles. The van der Waals surface area contributed by atoms with E-state index in [-0.39, 0.29) is 6.04 Å². The second kappa shape index (κ2) is 7.07. The molecule has 0 saturated heterocycles. The standard InChI is InChI=1S/C13H16BrN3OS/c1-3-10(15-2)13-16-12(17-18-13)8-19-11-7-5-4-6-9(11)14/h4-7,10,15H,3,8H2,1-2H3. The summed E-state index contributed by atoms with van der Waals surface area (Å²) in [5.74, 6) is 2.09. The second-order valence-corrected chi connectivity index (χ2v) is 5.89. The van der Waals surface area contributed by atoms with E-state index in [2.05, 4.69) is 44.4 Å². The van der Waals surface area contributed by atoms with Crippen molar-refractivity contribution < 1.29 is 4.52 Å². The van der Waals surface area contributed by atoms with Crippen molar-refractivity contribution in [2.24, 2.45) is 0 Å². The minimum absolute atomic E-state index is 0.134. The number of thioether (sulfide) groups is 1. The van der Waals surface area contributed by atoms with E-state index in [0.29, 0.717) is 11.6 Å². The molecule has 0 spiro atoms. The smallest absolute Gasteiger partial charge is 0.243 e. The first-order chi connectivity index (χ1) is 9.24. The van der Waals surface area contributed by atoms with E-state index in [1.165, 1.54) is 4.90 Å². The quantitative estimate of drug-likeness (QED) is 0.810. The first-order valence-corrected chi connectivity index (χ1v) is 7.89. The molecule has 1 aromatic heterocycles. The maximum Gasteiger partial charge on any atom is 0.243 e. The number of halogens is 1. The number of nitrogens with one attached hydrogen (secondary N) is 1. The number of hydrogen-bond donors (Lipinski definition) is 1. The number of benzene rings is 1. The minimum Gasteiger partial charge on any atom is -0.338 e. The molecule has 6 heteroatoms. The molecule has 2 aromatic rings. The third-order valence-corrected chi connectivity index (χ3v) is 4.76. The molecule has 0 radical (unpaired) electrons. The summed E-state index contributed by atoms with van der Waals surface area (Å²) in [5, 5.41) is 7.17. The Morgan fingerprint density at radius 2 is 2.21 bits per heavy atom. The number of aromatic nitrogens is 2. The highest BCUT2D eigenvalue weighted by Crippen LogP contribution is 2.29. The van der Waals surface area contributed by atoms with Crippen LogP contribution in [0.25, 0.3) is 0 Å². The van der Waals surface area contributed by atoms with Gasteiger partial charge in [0.05, 0.1) is 11.8 Å². The van der Waals surface area contributed by atoms with Gasteiger partial charge in [-0.05, 0) is 41.5 Å². The van der Waals surface area contributed by atoms with Gasteiger partial charge in [0.15, 0.2) is 5.82 Å². The largest absolute Gasteiger partial charge is 0.338 e. The summed E-state index contributed by atoms with van der Waals surface area (Å²) < 4.78 is 6.37. The fraction of sp³-hybridized carbons (Fsp3) is 0.385. The molecule has 1 atom stereocenters. The van der Waals surface area contributed by atoms with Crippen molar-refractivity contribution in [1.29, 1.82) is 0 Å². The zero-order valence-corrected chi connectivity index (χ0v) is 13.3. The van der Waals surface area contributed by atoms with Crippen LogP contribution in [0.1, 0.15) is 31.1 Å². The lowest BCUT2D eigenvalue weighted by molar-refractivity contribution is 0.332. The van der Waals surface area contributed by atoms with Crippen LogP contribution in [0.5, 0.6) is 0 Å². The Morgan fingerprint density at radius 1 is 1.42 bits per heavy atom. The van der Waals surface area contributed by atoms with E-state index in [0.717, 1.165) is 16.7 Å². The fourth-order valence-corrected chi connectivity index (χ4v) is 3.08. The third-order valence-electron chi connectivity index (χ3n) is 2.73. The lowest BCUT2D eigenvalue weighted by atomic mass is 10.2. The van der Waals surface area contributed by atoms with E-state index >= 15 is 0 Å². The van der Waals surface area contributed by atoms with Gasteiger partial charge in [-0.1, -0.05) is 24.2 Å². The predicted octanol–water partition coefficient (Wildman–Crippen LogP) is 3.79. The van der Waals surface area contributed by atoms with Crippen molar-refractivity contribution in [1.82, 2.24) is 15.5 Å². The third kappa shape index (κ3) is 3.81. The van der Waals surface area contributed by atoms with Gasteiger partial charge in [0, 0.05) is 9.37 Å². The minimum atomic E-state index is 0.134. The molecule has 1 unspecified atom stereocenters. The van der Waals surface area contributed by atoms with Crippen molar-refractivity contribution in [2.75, 3.05) is 7.05 Å². The average Bonchev–Trinajstić information content (AvgIpc) is 2.88. The van der Waals surface area contributed by atoms with E-state index < -0.39 is 0 Å². The van der Waals surface area contributed by atoms with E-state index in [1.54, 1.807) is 11.8 Å². The summed E-state index contributed by atoms with van der Waals surface area (Å²) in [7, 11) is 1.90. The van der Waals surface area contributed by atoms with Gasteiger partial charge in [-0.2, -0.15) is 4.98 Å². The van der Waals surface area contributed by atoms with Crippen LogP contribution in [-0.4, -0.2) is 17.2 Å². The maximum atomic E-state index is 5.28. The van der Waals surface area contributed by atoms with Crippen molar-refractivity contribution in [3.8, 4) is 0 Å². The summed E-state index contributed by atoms with van der Waals surface area (Å²) >= 11 is 5.21. The summed E-state index contributed by atoms with van der Waals surface area (Å²) in [6.07, 6.45) is 0.926. The number of rotatable bonds is 6. The van der Waals surface area contributed by atoms with Gasteiger partial charge in [0.1, 0.15) is 0 Å². The molecule has 4 nitrogen and oxygen atoms in total. The molecular formula is C13H16BrN3OS. The van der Waals surface area contributed by atoms with Crippen LogP contribution < -0.4 is 5.32 Å². The highest BCUT2D eigenvalue weighted by molar-refractivity contribution is 9.10. The Balaban J connectivity index is 1.99. The van der Waals surface area contributed by atoms with Gasteiger partial charge >= 0.3 is 0 Å². The summed E-state index contributed by atoms with van der Waals surface area (Å²) in [6, 6.07) is 8.24. The first kappa shape index (κ1) is 14.6. The van der Waals surface area contributed by atoms with Gasteiger partial charge in [-0.15, -0.1) is 11.8 Å². The molecule has 0 amide bonds. The molecule has 1 heterocycles. The van der Waals surface area contributed by atoms with Crippen LogP contribution in [0.4, 0.5) is 0 Å². The lowest BCUT2D eigenvalue weighted by Crippen LogP contribution is -2.15. The summed E-state index contributed by atoms with van der Waals surface area (Å²) in [6.45, 7) is 2.08. The topological polar surface area (TPSA) is 51.0 Å². The Labute approximate surface area is 125 Å². The van der Waals surface area contributed by atoms with Gasteiger partial charge in [0.25, 0.3) is 0 Å². The van der Waals surface area contributed by atoms with E-state index in [1.807, 2.05) is 25.2 Å². The van der Waals surface area contributed by atoms with Crippen molar-refractivity contribution in [2.45, 2.75) is 30.0 Å². The number of hydrogen-bond acceptors (Lipinski definition) is 5. The Bertz CT molecular complexity index is 528. The molecule has 0 fully saturated rings. The molecule has 19 heavy (non-hydrogen) atoms. The van der Waals surface area contributed by atoms with Crippen molar-refractivity contribution >= 4 is 27.7 Å². The lowest BCUT2D eigenvalue weighted by Gasteiger charge is -2.06. The van der Waals surface area contributed by atoms with Crippen molar-refractivity contribution in [3.05, 3.63) is 40.5 Å². The van der Waals surface area contributed by atoms with Crippen molar-refractivity contribution in [3.63, 3.8) is 0 Å². The Hall–Kier alpha value is -0.850. The van der Waals surface area contributed by atoms with Gasteiger partial charge in [-0.25, -0.2) is 0 Å². The van der Waals surface area contributed by atoms with Crippen LogP contribution >= 0.6 is 27.7 Å². The molecule has 102 valence electrons. The molecule has 0 bridgehead atoms. The molecular weight excluding hydrogens is 326 g/mol. The second-order valence-electron chi connectivity index (χ2n) is 4.02. The molecule has 0 aliphatic carbocycles. The maximum absolute atomic E-state index is 5.28. The van der Waals surface area contributed by atoms with Crippen LogP contribution in [0, 0.1) is 0 Å². The monoisotopic (exact) mass is 341 g/mol. The van der Waals surface area contributed by atoms with Crippen LogP contribution in [0.3, 0.4) is 0 Å².